The molecule has 3 aliphatic rings. The molecular formula is C12H18O. The SMILES string of the molecule is OCC12CCCC1C1=CCCC1C2. The molecule has 0 saturated heterocycles. The Labute approximate surface area is 79.8 Å². The Morgan fingerprint density at radius 1 is 1.46 bits per heavy atom. The van der Waals surface area contributed by atoms with Crippen LogP contribution in [-0.2, 0) is 0 Å². The van der Waals surface area contributed by atoms with Crippen LogP contribution >= 0.6 is 0 Å². The molecule has 0 heterocycles. The van der Waals surface area contributed by atoms with Crippen LogP contribution in [0.4, 0.5) is 0 Å². The second-order valence-electron chi connectivity index (χ2n) is 5.15. The lowest BCUT2D eigenvalue weighted by atomic mass is 9.80. The third kappa shape index (κ3) is 0.914. The summed E-state index contributed by atoms with van der Waals surface area (Å²) in [5.41, 5.74) is 2.06. The van der Waals surface area contributed by atoms with Gasteiger partial charge in [0.15, 0.2) is 0 Å². The van der Waals surface area contributed by atoms with E-state index in [2.05, 4.69) is 6.08 Å². The summed E-state index contributed by atoms with van der Waals surface area (Å²) in [5.74, 6) is 1.63. The Kier molecular flexibility index (Phi) is 1.61. The first-order valence-electron chi connectivity index (χ1n) is 5.66. The molecule has 0 aromatic heterocycles. The minimum atomic E-state index is 0.330. The zero-order valence-corrected chi connectivity index (χ0v) is 8.13. The minimum absolute atomic E-state index is 0.330. The van der Waals surface area contributed by atoms with Gasteiger partial charge in [-0.2, -0.15) is 0 Å². The molecule has 0 aliphatic heterocycles. The van der Waals surface area contributed by atoms with Crippen molar-refractivity contribution in [2.24, 2.45) is 17.3 Å². The van der Waals surface area contributed by atoms with Crippen molar-refractivity contribution >= 4 is 0 Å². The lowest BCUT2D eigenvalue weighted by Crippen LogP contribution is -2.25. The van der Waals surface area contributed by atoms with Gasteiger partial charge in [-0.15, -0.1) is 0 Å². The zero-order valence-electron chi connectivity index (χ0n) is 8.13. The van der Waals surface area contributed by atoms with E-state index < -0.39 is 0 Å². The van der Waals surface area contributed by atoms with Crippen molar-refractivity contribution in [1.82, 2.24) is 0 Å². The summed E-state index contributed by atoms with van der Waals surface area (Å²) in [6.45, 7) is 0.436. The van der Waals surface area contributed by atoms with E-state index in [9.17, 15) is 5.11 Å². The summed E-state index contributed by atoms with van der Waals surface area (Å²) in [4.78, 5) is 0. The number of aliphatic hydroxyl groups excluding tert-OH is 1. The van der Waals surface area contributed by atoms with E-state index in [0.717, 1.165) is 11.8 Å². The summed E-state index contributed by atoms with van der Waals surface area (Å²) in [5, 5.41) is 9.55. The van der Waals surface area contributed by atoms with Crippen molar-refractivity contribution in [2.45, 2.75) is 38.5 Å². The van der Waals surface area contributed by atoms with E-state index in [0.29, 0.717) is 12.0 Å². The molecule has 2 saturated carbocycles. The van der Waals surface area contributed by atoms with Gasteiger partial charge in [-0.05, 0) is 43.9 Å². The standard InChI is InChI=1S/C12H18O/c13-8-12-6-2-5-11(12)10-4-1-3-9(10)7-12/h4,9,11,13H,1-3,5-8H2. The molecule has 1 heteroatoms. The van der Waals surface area contributed by atoms with Gasteiger partial charge in [0.1, 0.15) is 0 Å². The lowest BCUT2D eigenvalue weighted by molar-refractivity contribution is 0.106. The summed E-state index contributed by atoms with van der Waals surface area (Å²) < 4.78 is 0. The Morgan fingerprint density at radius 3 is 3.23 bits per heavy atom. The molecule has 2 fully saturated rings. The van der Waals surface area contributed by atoms with E-state index >= 15 is 0 Å². The molecule has 0 radical (unpaired) electrons. The van der Waals surface area contributed by atoms with Crippen molar-refractivity contribution in [2.75, 3.05) is 6.61 Å². The van der Waals surface area contributed by atoms with Crippen LogP contribution in [0.5, 0.6) is 0 Å². The third-order valence-corrected chi connectivity index (χ3v) is 4.64. The highest BCUT2D eigenvalue weighted by atomic mass is 16.3. The van der Waals surface area contributed by atoms with Gasteiger partial charge in [0, 0.05) is 12.0 Å². The van der Waals surface area contributed by atoms with Crippen molar-refractivity contribution in [3.05, 3.63) is 11.6 Å². The largest absolute Gasteiger partial charge is 0.396 e. The molecule has 3 aliphatic carbocycles. The number of fused-ring (bicyclic) bond motifs is 3. The zero-order chi connectivity index (χ0) is 8.89. The maximum Gasteiger partial charge on any atom is 0.0493 e. The molecule has 0 bridgehead atoms. The van der Waals surface area contributed by atoms with Crippen molar-refractivity contribution in [1.29, 1.82) is 0 Å². The number of hydrogen-bond donors (Lipinski definition) is 1. The molecule has 13 heavy (non-hydrogen) atoms. The monoisotopic (exact) mass is 178 g/mol. The highest BCUT2D eigenvalue weighted by Gasteiger charge is 2.52. The van der Waals surface area contributed by atoms with Gasteiger partial charge in [0.25, 0.3) is 0 Å². The van der Waals surface area contributed by atoms with E-state index in [4.69, 9.17) is 0 Å². The van der Waals surface area contributed by atoms with Crippen molar-refractivity contribution in [3.63, 3.8) is 0 Å². The Bertz CT molecular complexity index is 256. The molecule has 72 valence electrons. The first-order valence-corrected chi connectivity index (χ1v) is 5.66. The number of aliphatic hydroxyl groups is 1. The fourth-order valence-corrected chi connectivity index (χ4v) is 4.08. The quantitative estimate of drug-likeness (QED) is 0.612. The molecule has 1 nitrogen and oxygen atoms in total. The smallest absolute Gasteiger partial charge is 0.0493 e. The maximum atomic E-state index is 9.55. The highest BCUT2D eigenvalue weighted by molar-refractivity contribution is 5.27. The van der Waals surface area contributed by atoms with Crippen LogP contribution in [0.2, 0.25) is 0 Å². The predicted octanol–water partition coefficient (Wildman–Crippen LogP) is 2.51. The molecule has 0 aromatic rings. The highest BCUT2D eigenvalue weighted by Crippen LogP contribution is 2.61. The van der Waals surface area contributed by atoms with Crippen LogP contribution < -0.4 is 0 Å². The Hall–Kier alpha value is -0.300. The molecule has 0 spiro atoms. The first-order chi connectivity index (χ1) is 6.36. The lowest BCUT2D eigenvalue weighted by Gasteiger charge is -2.27. The summed E-state index contributed by atoms with van der Waals surface area (Å²) in [6.07, 6.45) is 10.4. The minimum Gasteiger partial charge on any atom is -0.396 e. The first kappa shape index (κ1) is 8.05. The van der Waals surface area contributed by atoms with Crippen LogP contribution in [0.15, 0.2) is 11.6 Å². The van der Waals surface area contributed by atoms with Gasteiger partial charge in [-0.1, -0.05) is 18.1 Å². The van der Waals surface area contributed by atoms with Gasteiger partial charge >= 0.3 is 0 Å². The number of hydrogen-bond acceptors (Lipinski definition) is 1. The van der Waals surface area contributed by atoms with Crippen molar-refractivity contribution in [3.8, 4) is 0 Å². The van der Waals surface area contributed by atoms with E-state index in [1.54, 1.807) is 5.57 Å². The average molecular weight is 178 g/mol. The summed E-state index contributed by atoms with van der Waals surface area (Å²) in [6, 6.07) is 0. The molecule has 0 amide bonds. The van der Waals surface area contributed by atoms with Crippen LogP contribution in [0.1, 0.15) is 38.5 Å². The van der Waals surface area contributed by atoms with Crippen LogP contribution in [0.25, 0.3) is 0 Å². The fraction of sp³-hybridized carbons (Fsp3) is 0.833. The molecule has 0 aromatic carbocycles. The Balaban J connectivity index is 1.97. The topological polar surface area (TPSA) is 20.2 Å². The van der Waals surface area contributed by atoms with E-state index in [1.807, 2.05) is 0 Å². The van der Waals surface area contributed by atoms with Crippen LogP contribution in [-0.4, -0.2) is 11.7 Å². The molecular weight excluding hydrogens is 160 g/mol. The summed E-state index contributed by atoms with van der Waals surface area (Å²) in [7, 11) is 0. The maximum absolute atomic E-state index is 9.55. The van der Waals surface area contributed by atoms with Crippen LogP contribution in [0.3, 0.4) is 0 Å². The molecule has 3 rings (SSSR count). The Morgan fingerprint density at radius 2 is 2.38 bits per heavy atom. The van der Waals surface area contributed by atoms with Gasteiger partial charge in [-0.25, -0.2) is 0 Å². The second kappa shape index (κ2) is 2.60. The number of rotatable bonds is 1. The molecule has 3 unspecified atom stereocenters. The van der Waals surface area contributed by atoms with E-state index in [-0.39, 0.29) is 0 Å². The van der Waals surface area contributed by atoms with Crippen molar-refractivity contribution < 1.29 is 5.11 Å². The van der Waals surface area contributed by atoms with Gasteiger partial charge < -0.3 is 5.11 Å². The molecule has 3 atom stereocenters. The third-order valence-electron chi connectivity index (χ3n) is 4.64. The average Bonchev–Trinajstić information content (AvgIpc) is 2.72. The summed E-state index contributed by atoms with van der Waals surface area (Å²) >= 11 is 0. The normalized spacial score (nSPS) is 47.6. The number of allylic oxidation sites excluding steroid dienone is 2. The van der Waals surface area contributed by atoms with Gasteiger partial charge in [0.05, 0.1) is 0 Å². The second-order valence-corrected chi connectivity index (χ2v) is 5.15. The van der Waals surface area contributed by atoms with Gasteiger partial charge in [-0.3, -0.25) is 0 Å². The van der Waals surface area contributed by atoms with Crippen LogP contribution in [0, 0.1) is 17.3 Å². The fourth-order valence-electron chi connectivity index (χ4n) is 4.08. The van der Waals surface area contributed by atoms with E-state index in [1.165, 1.54) is 38.5 Å². The molecule has 1 N–H and O–H groups in total. The van der Waals surface area contributed by atoms with Gasteiger partial charge in [0.2, 0.25) is 0 Å². The predicted molar refractivity (Wildman–Crippen MR) is 52.3 cm³/mol.